The molecule has 0 amide bonds. The highest BCUT2D eigenvalue weighted by Gasteiger charge is 2.55. The first-order valence-electron chi connectivity index (χ1n) is 30.1. The summed E-state index contributed by atoms with van der Waals surface area (Å²) in [4.78, 5) is 3.41. The number of ether oxygens (including phenoxy) is 4. The maximum Gasteiger partial charge on any atom is 0.161 e. The number of phenols is 2. The fraction of sp³-hybridized carbons (Fsp3) is 0.471. The Hall–Kier alpha value is -6.38. The number of aromatic hydroxyl groups is 2. The Morgan fingerprint density at radius 3 is 2.48 bits per heavy atom. The maximum absolute atomic E-state index is 12.1. The second-order valence-electron chi connectivity index (χ2n) is 24.6. The molecule has 1 fully saturated rings. The SMILES string of the molecule is CC(C)C[C@@](C)(O)CNCN[C@H]1C#CC[C@@H](CO)Oc2cc(ccc2O)[C@H]2Oc3c(c4c(c5c3CC[C@@H](CO)O5)-c3ccc(O)c5c3[C@H](C4)[C@H](c3ccc4[nH]ccc4c3)C(CNCCCc3ccccc3)=C5)C[C@]12OCNC1CCCC1. The van der Waals surface area contributed by atoms with Gasteiger partial charge in [0.05, 0.1) is 25.5 Å². The molecule has 0 spiro atoms. The van der Waals surface area contributed by atoms with Crippen molar-refractivity contribution in [2.45, 2.75) is 151 Å². The molecule has 14 nitrogen and oxygen atoms in total. The third-order valence-corrected chi connectivity index (χ3v) is 18.1. The number of phenolic OH excluding ortho intramolecular Hbond substituents is 2. The van der Waals surface area contributed by atoms with Crippen molar-refractivity contribution in [2.24, 2.45) is 5.92 Å². The molecule has 6 aliphatic rings. The Morgan fingerprint density at radius 1 is 0.841 bits per heavy atom. The Kier molecular flexibility index (Phi) is 16.5. The first-order chi connectivity index (χ1) is 39.9. The number of aromatic amines is 1. The van der Waals surface area contributed by atoms with Crippen LogP contribution < -0.4 is 35.5 Å². The van der Waals surface area contributed by atoms with Gasteiger partial charge in [0.2, 0.25) is 0 Å². The summed E-state index contributed by atoms with van der Waals surface area (Å²) in [6.07, 6.45) is 11.4. The molecule has 82 heavy (non-hydrogen) atoms. The van der Waals surface area contributed by atoms with Crippen LogP contribution in [0.2, 0.25) is 0 Å². The predicted molar refractivity (Wildman–Crippen MR) is 319 cm³/mol. The zero-order valence-corrected chi connectivity index (χ0v) is 47.7. The molecular weight excluding hydrogens is 1030 g/mol. The van der Waals surface area contributed by atoms with Gasteiger partial charge in [-0.3, -0.25) is 10.6 Å². The first-order valence-corrected chi connectivity index (χ1v) is 30.1. The lowest BCUT2D eigenvalue weighted by Gasteiger charge is -2.50. The lowest BCUT2D eigenvalue weighted by molar-refractivity contribution is -0.143. The first kappa shape index (κ1) is 56.1. The molecule has 0 unspecified atom stereocenters. The molecule has 3 aliphatic heterocycles. The van der Waals surface area contributed by atoms with Crippen LogP contribution in [0.25, 0.3) is 28.1 Å². The molecule has 0 radical (unpaired) electrons. The molecule has 432 valence electrons. The van der Waals surface area contributed by atoms with Crippen LogP contribution in [0.15, 0.2) is 96.7 Å². The Labute approximate surface area is 482 Å². The van der Waals surface area contributed by atoms with Crippen molar-refractivity contribution in [1.29, 1.82) is 0 Å². The number of fused-ring (bicyclic) bond motifs is 12. The fourth-order valence-corrected chi connectivity index (χ4v) is 14.4. The Morgan fingerprint density at radius 2 is 1.66 bits per heavy atom. The normalized spacial score (nSPS) is 24.2. The van der Waals surface area contributed by atoms with Crippen molar-refractivity contribution in [2.75, 3.05) is 46.2 Å². The number of rotatable bonds is 20. The number of aliphatic hydroxyl groups is 3. The van der Waals surface area contributed by atoms with Crippen molar-refractivity contribution in [1.82, 2.24) is 26.3 Å². The number of benzene rings is 5. The highest BCUT2D eigenvalue weighted by atomic mass is 16.6. The van der Waals surface area contributed by atoms with E-state index in [1.54, 1.807) is 6.07 Å². The number of aromatic nitrogens is 1. The number of H-pyrrole nitrogens is 1. The molecule has 1 aromatic heterocycles. The van der Waals surface area contributed by atoms with Crippen LogP contribution in [-0.4, -0.2) is 112 Å². The highest BCUT2D eigenvalue weighted by molar-refractivity contribution is 5.90. The largest absolute Gasteiger partial charge is 0.507 e. The number of hydrogen-bond donors (Lipinski definition) is 10. The average molecular weight is 1110 g/mol. The molecule has 14 heteroatoms. The monoisotopic (exact) mass is 1110 g/mol. The molecule has 2 bridgehead atoms. The third kappa shape index (κ3) is 11.3. The van der Waals surface area contributed by atoms with Gasteiger partial charge in [-0.15, -0.1) is 0 Å². The molecule has 1 saturated carbocycles. The molecule has 10 N–H and O–H groups in total. The van der Waals surface area contributed by atoms with Gasteiger partial charge in [0.1, 0.15) is 41.1 Å². The van der Waals surface area contributed by atoms with E-state index in [1.807, 2.05) is 31.3 Å². The van der Waals surface area contributed by atoms with Gasteiger partial charge in [-0.25, -0.2) is 0 Å². The summed E-state index contributed by atoms with van der Waals surface area (Å²) >= 11 is 0. The summed E-state index contributed by atoms with van der Waals surface area (Å²) in [6.45, 7) is 7.87. The lowest BCUT2D eigenvalue weighted by Crippen LogP contribution is -2.62. The van der Waals surface area contributed by atoms with Gasteiger partial charge < -0.3 is 60.1 Å². The fourth-order valence-electron chi connectivity index (χ4n) is 14.4. The minimum atomic E-state index is -1.27. The second-order valence-corrected chi connectivity index (χ2v) is 24.6. The molecule has 8 atom stereocenters. The van der Waals surface area contributed by atoms with Crippen LogP contribution in [0.5, 0.6) is 28.7 Å². The molecular formula is C68H81N5O9. The number of nitrogens with one attached hydrogen (secondary N) is 5. The minimum absolute atomic E-state index is 0.0696. The summed E-state index contributed by atoms with van der Waals surface area (Å²) in [6, 6.07) is 28.2. The zero-order valence-electron chi connectivity index (χ0n) is 47.7. The van der Waals surface area contributed by atoms with E-state index in [2.05, 4.69) is 119 Å². The average Bonchev–Trinajstić information content (AvgIpc) is 0.909. The van der Waals surface area contributed by atoms with E-state index in [-0.39, 0.29) is 68.2 Å². The van der Waals surface area contributed by atoms with E-state index in [0.29, 0.717) is 68.2 Å². The van der Waals surface area contributed by atoms with E-state index in [1.165, 1.54) is 16.7 Å². The van der Waals surface area contributed by atoms with Crippen LogP contribution in [0.1, 0.15) is 135 Å². The Bertz CT molecular complexity index is 3360. The molecule has 6 aromatic rings. The quantitative estimate of drug-likeness (QED) is 0.0197. The van der Waals surface area contributed by atoms with E-state index >= 15 is 0 Å². The third-order valence-electron chi connectivity index (χ3n) is 18.1. The highest BCUT2D eigenvalue weighted by Crippen LogP contribution is 2.62. The standard InChI is InChI=1S/C68H81N5O9/c1-41(2)33-67(3,78)38-70-39-72-60-17-9-16-48(36-74)80-59-31-45(19-24-58(59)77)66-68(60,79-40-73-47-14-7-8-15-47)34-55-52-32-54-61(44-18-23-56-43(29-44)26-28-71-56)46(35-69-27-10-13-42-11-5-4-6-12-42)30-53-57(76)25-22-50(62(53)54)63(52)65-51(64(55)82-66)21-20-49(37-75)81-65/h4-6,11-12,18-19,22-26,28-31,41,47-49,54,60-61,66,69-78H,7-8,10,13-16,20-21,27,32-40H2,1-3H3/t48-,49-,54+,60-,61+,66+,67+,68-/m0/s1. The Balaban J connectivity index is 1.03. The molecule has 3 aliphatic carbocycles. The van der Waals surface area contributed by atoms with Crippen LogP contribution in [0, 0.1) is 17.8 Å². The summed E-state index contributed by atoms with van der Waals surface area (Å²) in [5.41, 5.74) is 10.0. The minimum Gasteiger partial charge on any atom is -0.507 e. The second kappa shape index (κ2) is 24.1. The topological polar surface area (TPSA) is 202 Å². The van der Waals surface area contributed by atoms with Crippen LogP contribution in [-0.2, 0) is 30.4 Å². The van der Waals surface area contributed by atoms with Crippen molar-refractivity contribution in [3.63, 3.8) is 0 Å². The molecule has 5 aromatic carbocycles. The van der Waals surface area contributed by atoms with E-state index in [9.17, 15) is 25.5 Å². The van der Waals surface area contributed by atoms with Gasteiger partial charge in [0.15, 0.2) is 17.6 Å². The molecule has 12 rings (SSSR count). The maximum atomic E-state index is 12.1. The van der Waals surface area contributed by atoms with Crippen molar-refractivity contribution in [3.05, 3.63) is 141 Å². The summed E-state index contributed by atoms with van der Waals surface area (Å²) < 4.78 is 28.8. The smallest absolute Gasteiger partial charge is 0.161 e. The molecule has 0 saturated heterocycles. The van der Waals surface area contributed by atoms with Gasteiger partial charge in [-0.05, 0) is 163 Å². The van der Waals surface area contributed by atoms with Gasteiger partial charge in [-0.1, -0.05) is 87.1 Å². The molecule has 4 heterocycles. The van der Waals surface area contributed by atoms with Crippen molar-refractivity contribution < 1.29 is 44.5 Å². The van der Waals surface area contributed by atoms with E-state index in [0.717, 1.165) is 94.9 Å². The van der Waals surface area contributed by atoms with Gasteiger partial charge >= 0.3 is 0 Å². The predicted octanol–water partition coefficient (Wildman–Crippen LogP) is 9.35. The zero-order chi connectivity index (χ0) is 56.5. The van der Waals surface area contributed by atoms with Crippen LogP contribution in [0.3, 0.4) is 0 Å². The van der Waals surface area contributed by atoms with Crippen LogP contribution >= 0.6 is 0 Å². The van der Waals surface area contributed by atoms with Gasteiger partial charge in [0.25, 0.3) is 0 Å². The number of hydrogen-bond acceptors (Lipinski definition) is 13. The van der Waals surface area contributed by atoms with Gasteiger partial charge in [0, 0.05) is 78.5 Å². The summed E-state index contributed by atoms with van der Waals surface area (Å²) in [7, 11) is 0. The summed E-state index contributed by atoms with van der Waals surface area (Å²) in [5, 5.41) is 72.5. The lowest BCUT2D eigenvalue weighted by atomic mass is 9.62. The van der Waals surface area contributed by atoms with Gasteiger partial charge in [-0.2, -0.15) is 0 Å². The number of aliphatic hydroxyl groups excluding tert-OH is 2. The summed E-state index contributed by atoms with van der Waals surface area (Å²) in [5.74, 6) is 8.87. The van der Waals surface area contributed by atoms with Crippen LogP contribution in [0.4, 0.5) is 0 Å². The van der Waals surface area contributed by atoms with E-state index in [4.69, 9.17) is 18.9 Å². The number of aryl methyl sites for hydroxylation is 1. The van der Waals surface area contributed by atoms with Crippen molar-refractivity contribution >= 4 is 17.0 Å². The van der Waals surface area contributed by atoms with E-state index < -0.39 is 35.6 Å². The van der Waals surface area contributed by atoms with Crippen molar-refractivity contribution in [3.8, 4) is 51.7 Å².